The lowest BCUT2D eigenvalue weighted by Gasteiger charge is -2.20. The second-order valence-electron chi connectivity index (χ2n) is 8.34. The summed E-state index contributed by atoms with van der Waals surface area (Å²) in [6.45, 7) is 2.44. The minimum Gasteiger partial charge on any atom is -0.462 e. The summed E-state index contributed by atoms with van der Waals surface area (Å²) in [4.78, 5) is 37.8. The van der Waals surface area contributed by atoms with Crippen LogP contribution in [0.1, 0.15) is 23.7 Å². The molecule has 0 saturated carbocycles. The Morgan fingerprint density at radius 3 is 2.71 bits per heavy atom. The summed E-state index contributed by atoms with van der Waals surface area (Å²) in [6.07, 6.45) is 3.44. The highest BCUT2D eigenvalue weighted by Crippen LogP contribution is 2.27. The number of ether oxygens (including phenoxy) is 1. The zero-order chi connectivity index (χ0) is 25.3. The number of nitrogens with zero attached hydrogens (tertiary/aromatic N) is 5. The van der Waals surface area contributed by atoms with E-state index in [9.17, 15) is 18.4 Å². The quantitative estimate of drug-likeness (QED) is 0.302. The van der Waals surface area contributed by atoms with E-state index in [4.69, 9.17) is 4.74 Å². The Morgan fingerprint density at radius 2 is 2.03 bits per heavy atom. The molecule has 0 amide bonds. The molecular weight excluding hydrogens is 463 g/mol. The Kier molecular flexibility index (Phi) is 6.77. The first-order valence-electron chi connectivity index (χ1n) is 11.0. The number of carbonyl (C=O) groups is 1. The van der Waals surface area contributed by atoms with E-state index in [1.165, 1.54) is 0 Å². The Hall–Kier alpha value is -3.89. The number of esters is 1. The van der Waals surface area contributed by atoms with Crippen LogP contribution in [0.4, 0.5) is 19.0 Å². The van der Waals surface area contributed by atoms with Gasteiger partial charge in [0.2, 0.25) is 5.43 Å². The van der Waals surface area contributed by atoms with Crippen molar-refractivity contribution in [3.8, 4) is 5.69 Å². The van der Waals surface area contributed by atoms with E-state index in [1.807, 2.05) is 14.1 Å². The maximum Gasteiger partial charge on any atom is 0.343 e. The third kappa shape index (κ3) is 4.84. The van der Waals surface area contributed by atoms with Crippen LogP contribution in [0, 0.1) is 17.5 Å². The number of halogens is 3. The van der Waals surface area contributed by atoms with Crippen molar-refractivity contribution in [3.63, 3.8) is 0 Å². The Bertz CT molecular complexity index is 1370. The molecule has 1 atom stereocenters. The fourth-order valence-electron chi connectivity index (χ4n) is 3.93. The van der Waals surface area contributed by atoms with Gasteiger partial charge in [0.15, 0.2) is 17.3 Å². The monoisotopic (exact) mass is 487 g/mol. The number of hydrogen-bond donors (Lipinski definition) is 0. The topological polar surface area (TPSA) is 80.0 Å². The zero-order valence-corrected chi connectivity index (χ0v) is 19.5. The van der Waals surface area contributed by atoms with Gasteiger partial charge in [0, 0.05) is 39.4 Å². The van der Waals surface area contributed by atoms with Gasteiger partial charge in [-0.1, -0.05) is 0 Å². The number of hydrogen-bond acceptors (Lipinski definition) is 6. The molecule has 1 aromatic carbocycles. The van der Waals surface area contributed by atoms with Gasteiger partial charge in [0.05, 0.1) is 30.1 Å². The first-order chi connectivity index (χ1) is 16.7. The van der Waals surface area contributed by atoms with Gasteiger partial charge >= 0.3 is 5.97 Å². The third-order valence-corrected chi connectivity index (χ3v) is 5.55. The molecule has 1 aliphatic heterocycles. The average Bonchev–Trinajstić information content (AvgIpc) is 3.27. The van der Waals surface area contributed by atoms with Crippen LogP contribution in [0.5, 0.6) is 0 Å². The molecule has 1 unspecified atom stereocenters. The Balaban J connectivity index is 1.89. The molecule has 0 aliphatic carbocycles. The first kappa shape index (κ1) is 24.2. The molecule has 184 valence electrons. The third-order valence-electron chi connectivity index (χ3n) is 5.55. The lowest BCUT2D eigenvalue weighted by molar-refractivity contribution is 0.0524. The molecule has 0 radical (unpaired) electrons. The summed E-state index contributed by atoms with van der Waals surface area (Å²) >= 11 is 0. The van der Waals surface area contributed by atoms with E-state index < -0.39 is 34.4 Å². The highest BCUT2D eigenvalue weighted by Gasteiger charge is 2.27. The van der Waals surface area contributed by atoms with Crippen LogP contribution in [0.25, 0.3) is 16.7 Å². The van der Waals surface area contributed by atoms with E-state index in [-0.39, 0.29) is 35.2 Å². The van der Waals surface area contributed by atoms with Gasteiger partial charge in [0.1, 0.15) is 17.2 Å². The smallest absolute Gasteiger partial charge is 0.343 e. The van der Waals surface area contributed by atoms with Crippen molar-refractivity contribution in [1.82, 2.24) is 14.5 Å². The van der Waals surface area contributed by atoms with Crippen molar-refractivity contribution in [2.45, 2.75) is 19.4 Å². The highest BCUT2D eigenvalue weighted by atomic mass is 19.1. The molecule has 8 nitrogen and oxygen atoms in total. The second kappa shape index (κ2) is 9.77. The summed E-state index contributed by atoms with van der Waals surface area (Å²) in [5, 5.41) is -0.234. The maximum atomic E-state index is 15.2. The van der Waals surface area contributed by atoms with Crippen molar-refractivity contribution >= 4 is 29.2 Å². The summed E-state index contributed by atoms with van der Waals surface area (Å²) in [7, 11) is 3.69. The molecular formula is C24H24F3N5O3. The molecule has 35 heavy (non-hydrogen) atoms. The number of pyridine rings is 2. The SMILES string of the molecule is CCOC(=O)c1cn(-c2ccc(F)cc2F)c2nc(N3CCC(/N=C/N(C)C)C3)c(F)cc2c1=O. The van der Waals surface area contributed by atoms with Gasteiger partial charge in [0.25, 0.3) is 0 Å². The van der Waals surface area contributed by atoms with Crippen LogP contribution in [-0.4, -0.2) is 66.6 Å². The van der Waals surface area contributed by atoms with Crippen molar-refractivity contribution in [3.05, 3.63) is 63.7 Å². The van der Waals surface area contributed by atoms with Crippen LogP contribution in [0.3, 0.4) is 0 Å². The number of aromatic nitrogens is 2. The Morgan fingerprint density at radius 1 is 1.26 bits per heavy atom. The van der Waals surface area contributed by atoms with Crippen molar-refractivity contribution in [2.75, 3.05) is 38.7 Å². The molecule has 1 fully saturated rings. The molecule has 0 bridgehead atoms. The number of carbonyl (C=O) groups excluding carboxylic acids is 1. The van der Waals surface area contributed by atoms with E-state index in [0.717, 1.165) is 29.0 Å². The van der Waals surface area contributed by atoms with Crippen molar-refractivity contribution in [2.24, 2.45) is 4.99 Å². The minimum atomic E-state index is -0.948. The first-order valence-corrected chi connectivity index (χ1v) is 11.0. The van der Waals surface area contributed by atoms with Crippen LogP contribution in [-0.2, 0) is 4.74 Å². The van der Waals surface area contributed by atoms with Gasteiger partial charge in [-0.2, -0.15) is 0 Å². The number of aliphatic imine (C=N–C) groups is 1. The average molecular weight is 487 g/mol. The fraction of sp³-hybridized carbons (Fsp3) is 0.333. The number of rotatable bonds is 6. The lowest BCUT2D eigenvalue weighted by Crippen LogP contribution is -2.26. The number of anilines is 1. The van der Waals surface area contributed by atoms with Gasteiger partial charge in [-0.25, -0.2) is 22.9 Å². The lowest BCUT2D eigenvalue weighted by atomic mass is 10.1. The predicted octanol–water partition coefficient (Wildman–Crippen LogP) is 3.15. The van der Waals surface area contributed by atoms with Crippen LogP contribution in [0.15, 0.2) is 40.2 Å². The van der Waals surface area contributed by atoms with Crippen molar-refractivity contribution in [1.29, 1.82) is 0 Å². The van der Waals surface area contributed by atoms with Crippen LogP contribution >= 0.6 is 0 Å². The predicted molar refractivity (Wildman–Crippen MR) is 126 cm³/mol. The van der Waals surface area contributed by atoms with Gasteiger partial charge in [-0.3, -0.25) is 14.4 Å². The van der Waals surface area contributed by atoms with Gasteiger partial charge in [-0.05, 0) is 31.5 Å². The summed E-state index contributed by atoms with van der Waals surface area (Å²) in [6, 6.07) is 3.76. The molecule has 1 aliphatic rings. The molecule has 11 heteroatoms. The normalized spacial score (nSPS) is 15.8. The summed E-state index contributed by atoms with van der Waals surface area (Å²) < 4.78 is 49.6. The maximum absolute atomic E-state index is 15.2. The summed E-state index contributed by atoms with van der Waals surface area (Å²) in [5.74, 6) is -3.49. The largest absolute Gasteiger partial charge is 0.462 e. The highest BCUT2D eigenvalue weighted by molar-refractivity contribution is 5.94. The van der Waals surface area contributed by atoms with E-state index in [2.05, 4.69) is 9.98 Å². The van der Waals surface area contributed by atoms with E-state index >= 15 is 4.39 Å². The van der Waals surface area contributed by atoms with Crippen LogP contribution in [0.2, 0.25) is 0 Å². The molecule has 2 aromatic heterocycles. The molecule has 3 heterocycles. The summed E-state index contributed by atoms with van der Waals surface area (Å²) in [5.41, 5.74) is -1.46. The van der Waals surface area contributed by atoms with Crippen LogP contribution < -0.4 is 10.3 Å². The minimum absolute atomic E-state index is 0.000794. The molecule has 0 N–H and O–H groups in total. The molecule has 0 spiro atoms. The number of benzene rings is 1. The Labute approximate surface area is 199 Å². The van der Waals surface area contributed by atoms with Gasteiger partial charge in [-0.15, -0.1) is 0 Å². The zero-order valence-electron chi connectivity index (χ0n) is 19.5. The molecule has 1 saturated heterocycles. The van der Waals surface area contributed by atoms with E-state index in [0.29, 0.717) is 25.6 Å². The molecule has 3 aromatic rings. The van der Waals surface area contributed by atoms with E-state index in [1.54, 1.807) is 23.1 Å². The van der Waals surface area contributed by atoms with Gasteiger partial charge < -0.3 is 14.5 Å². The fourth-order valence-corrected chi connectivity index (χ4v) is 3.93. The van der Waals surface area contributed by atoms with Crippen molar-refractivity contribution < 1.29 is 22.7 Å². The second-order valence-corrected chi connectivity index (χ2v) is 8.34. The standard InChI is InChI=1S/C24H24F3N5O3/c1-4-35-24(34)17-12-32(20-6-5-14(25)9-18(20)26)22-16(21(17)33)10-19(27)23(29-22)31-8-7-15(11-31)28-13-30(2)3/h5-6,9-10,12-13,15H,4,7-8,11H2,1-3H3/b28-13+. The molecule has 4 rings (SSSR count). The number of fused-ring (bicyclic) bond motifs is 1.